The molecule has 1 aliphatic rings. The fourth-order valence-electron chi connectivity index (χ4n) is 3.03. The van der Waals surface area contributed by atoms with Crippen LogP contribution in [0.5, 0.6) is 0 Å². The van der Waals surface area contributed by atoms with E-state index in [1.807, 2.05) is 4.90 Å². The van der Waals surface area contributed by atoms with Gasteiger partial charge in [0.2, 0.25) is 5.91 Å². The number of hydrogen-bond acceptors (Lipinski definition) is 3. The number of aryl methyl sites for hydroxylation is 1. The minimum absolute atomic E-state index is 0.123. The van der Waals surface area contributed by atoms with Crippen LogP contribution in [0.2, 0.25) is 0 Å². The number of rotatable bonds is 2. The Morgan fingerprint density at radius 1 is 1.38 bits per heavy atom. The Bertz CT molecular complexity index is 677. The van der Waals surface area contributed by atoms with E-state index in [1.165, 1.54) is 20.9 Å². The lowest BCUT2D eigenvalue weighted by atomic mass is 9.94. The van der Waals surface area contributed by atoms with Gasteiger partial charge in [-0.25, -0.2) is 0 Å². The Morgan fingerprint density at radius 3 is 2.86 bits per heavy atom. The summed E-state index contributed by atoms with van der Waals surface area (Å²) in [6.45, 7) is 4.35. The zero-order chi connectivity index (χ0) is 15.0. The molecule has 2 aromatic rings. The first-order valence-corrected chi connectivity index (χ1v) is 8.13. The Kier molecular flexibility index (Phi) is 3.83. The van der Waals surface area contributed by atoms with E-state index in [4.69, 9.17) is 5.73 Å². The highest BCUT2D eigenvalue weighted by Gasteiger charge is 2.26. The van der Waals surface area contributed by atoms with Crippen LogP contribution in [0.1, 0.15) is 30.7 Å². The molecule has 3 nitrogen and oxygen atoms in total. The van der Waals surface area contributed by atoms with E-state index in [-0.39, 0.29) is 11.9 Å². The highest BCUT2D eigenvalue weighted by molar-refractivity contribution is 7.15. The van der Waals surface area contributed by atoms with Crippen LogP contribution in [0.15, 0.2) is 30.3 Å². The summed E-state index contributed by atoms with van der Waals surface area (Å²) in [4.78, 5) is 16.2. The first-order chi connectivity index (χ1) is 10.1. The Hall–Kier alpha value is -1.65. The average molecular weight is 300 g/mol. The number of nitrogens with two attached hydrogens (primary N) is 1. The van der Waals surface area contributed by atoms with Crippen LogP contribution in [0.25, 0.3) is 10.4 Å². The Labute approximate surface area is 129 Å². The van der Waals surface area contributed by atoms with Crippen molar-refractivity contribution in [3.05, 3.63) is 40.8 Å². The van der Waals surface area contributed by atoms with Crippen molar-refractivity contribution in [3.63, 3.8) is 0 Å². The minimum atomic E-state index is 0.123. The SMILES string of the molecule is CC(=O)N1c2ccc(-c3ccc(CN)s3)cc2CCC1C. The van der Waals surface area contributed by atoms with E-state index < -0.39 is 0 Å². The van der Waals surface area contributed by atoms with Crippen LogP contribution in [-0.4, -0.2) is 11.9 Å². The summed E-state index contributed by atoms with van der Waals surface area (Å²) in [7, 11) is 0. The van der Waals surface area contributed by atoms with Crippen LogP contribution < -0.4 is 10.6 Å². The number of nitrogens with zero attached hydrogens (tertiary/aromatic N) is 1. The van der Waals surface area contributed by atoms with Crippen LogP contribution in [0.3, 0.4) is 0 Å². The number of carbonyl (C=O) groups is 1. The minimum Gasteiger partial charge on any atom is -0.326 e. The molecule has 0 saturated heterocycles. The normalized spacial score (nSPS) is 17.7. The van der Waals surface area contributed by atoms with E-state index in [2.05, 4.69) is 37.3 Å². The first-order valence-electron chi connectivity index (χ1n) is 7.32. The van der Waals surface area contributed by atoms with Crippen molar-refractivity contribution in [2.45, 2.75) is 39.3 Å². The number of benzene rings is 1. The molecule has 1 aromatic carbocycles. The molecule has 1 aromatic heterocycles. The molecule has 0 spiro atoms. The van der Waals surface area contributed by atoms with Crippen molar-refractivity contribution >= 4 is 22.9 Å². The summed E-state index contributed by atoms with van der Waals surface area (Å²) < 4.78 is 0. The van der Waals surface area contributed by atoms with Gasteiger partial charge < -0.3 is 10.6 Å². The van der Waals surface area contributed by atoms with E-state index in [9.17, 15) is 4.79 Å². The highest BCUT2D eigenvalue weighted by atomic mass is 32.1. The maximum atomic E-state index is 11.9. The summed E-state index contributed by atoms with van der Waals surface area (Å²) in [5, 5.41) is 0. The molecule has 0 saturated carbocycles. The van der Waals surface area contributed by atoms with Gasteiger partial charge in [-0.05, 0) is 55.2 Å². The van der Waals surface area contributed by atoms with Gasteiger partial charge in [0.05, 0.1) is 0 Å². The van der Waals surface area contributed by atoms with Gasteiger partial charge in [-0.3, -0.25) is 4.79 Å². The number of thiophene rings is 1. The van der Waals surface area contributed by atoms with Gasteiger partial charge in [-0.1, -0.05) is 6.07 Å². The highest BCUT2D eigenvalue weighted by Crippen LogP contribution is 2.36. The summed E-state index contributed by atoms with van der Waals surface area (Å²) in [5.74, 6) is 0.123. The van der Waals surface area contributed by atoms with E-state index >= 15 is 0 Å². The molecule has 1 unspecified atom stereocenters. The quantitative estimate of drug-likeness (QED) is 0.921. The fourth-order valence-corrected chi connectivity index (χ4v) is 3.91. The van der Waals surface area contributed by atoms with Crippen molar-refractivity contribution in [3.8, 4) is 10.4 Å². The fraction of sp³-hybridized carbons (Fsp3) is 0.353. The molecule has 110 valence electrons. The van der Waals surface area contributed by atoms with Gasteiger partial charge in [0.25, 0.3) is 0 Å². The predicted octanol–water partition coefficient (Wildman–Crippen LogP) is 3.56. The number of amides is 1. The smallest absolute Gasteiger partial charge is 0.224 e. The monoisotopic (exact) mass is 300 g/mol. The third kappa shape index (κ3) is 2.61. The molecular formula is C17H20N2OS. The lowest BCUT2D eigenvalue weighted by Gasteiger charge is -2.34. The summed E-state index contributed by atoms with van der Waals surface area (Å²) in [6, 6.07) is 10.9. The molecule has 0 bridgehead atoms. The molecule has 2 N–H and O–H groups in total. The maximum Gasteiger partial charge on any atom is 0.224 e. The molecule has 21 heavy (non-hydrogen) atoms. The lowest BCUT2D eigenvalue weighted by molar-refractivity contribution is -0.117. The van der Waals surface area contributed by atoms with Gasteiger partial charge in [0.15, 0.2) is 0 Å². The molecule has 0 aliphatic carbocycles. The van der Waals surface area contributed by atoms with Gasteiger partial charge in [-0.2, -0.15) is 0 Å². The van der Waals surface area contributed by atoms with E-state index in [1.54, 1.807) is 18.3 Å². The van der Waals surface area contributed by atoms with Crippen molar-refractivity contribution in [2.75, 3.05) is 4.90 Å². The van der Waals surface area contributed by atoms with E-state index in [0.29, 0.717) is 6.54 Å². The first kappa shape index (κ1) is 14.3. The van der Waals surface area contributed by atoms with Gasteiger partial charge in [0.1, 0.15) is 0 Å². The van der Waals surface area contributed by atoms with Gasteiger partial charge in [0, 0.05) is 35.0 Å². The molecule has 0 radical (unpaired) electrons. The molecule has 1 atom stereocenters. The van der Waals surface area contributed by atoms with Crippen molar-refractivity contribution in [1.82, 2.24) is 0 Å². The summed E-state index contributed by atoms with van der Waals surface area (Å²) in [5.41, 5.74) is 9.24. The molecule has 1 amide bonds. The summed E-state index contributed by atoms with van der Waals surface area (Å²) >= 11 is 1.74. The van der Waals surface area contributed by atoms with Gasteiger partial charge in [-0.15, -0.1) is 11.3 Å². The number of carbonyl (C=O) groups excluding carboxylic acids is 1. The second-order valence-electron chi connectivity index (χ2n) is 5.59. The lowest BCUT2D eigenvalue weighted by Crippen LogP contribution is -2.40. The molecule has 0 fully saturated rings. The van der Waals surface area contributed by atoms with Crippen molar-refractivity contribution in [1.29, 1.82) is 0 Å². The third-order valence-electron chi connectivity index (χ3n) is 4.10. The second-order valence-corrected chi connectivity index (χ2v) is 6.76. The molecule has 3 rings (SSSR count). The largest absolute Gasteiger partial charge is 0.326 e. The topological polar surface area (TPSA) is 46.3 Å². The Morgan fingerprint density at radius 2 is 2.19 bits per heavy atom. The van der Waals surface area contributed by atoms with Crippen LogP contribution >= 0.6 is 11.3 Å². The van der Waals surface area contributed by atoms with E-state index in [0.717, 1.165) is 18.5 Å². The third-order valence-corrected chi connectivity index (χ3v) is 5.25. The summed E-state index contributed by atoms with van der Waals surface area (Å²) in [6.07, 6.45) is 2.05. The maximum absolute atomic E-state index is 11.9. The predicted molar refractivity (Wildman–Crippen MR) is 88.6 cm³/mol. The van der Waals surface area contributed by atoms with Crippen LogP contribution in [0, 0.1) is 0 Å². The second kappa shape index (κ2) is 5.62. The number of hydrogen-bond donors (Lipinski definition) is 1. The molecule has 4 heteroatoms. The molecule has 1 aliphatic heterocycles. The van der Waals surface area contributed by atoms with Crippen molar-refractivity contribution < 1.29 is 4.79 Å². The zero-order valence-corrected chi connectivity index (χ0v) is 13.2. The standard InChI is InChI=1S/C17H20N2OS/c1-11-3-4-13-9-14(17-8-6-15(10-18)21-17)5-7-16(13)19(11)12(2)20/h5-9,11H,3-4,10,18H2,1-2H3. The van der Waals surface area contributed by atoms with Crippen LogP contribution in [0.4, 0.5) is 5.69 Å². The van der Waals surface area contributed by atoms with Gasteiger partial charge >= 0.3 is 0 Å². The number of anilines is 1. The Balaban J connectivity index is 2.00. The molecule has 2 heterocycles. The zero-order valence-electron chi connectivity index (χ0n) is 12.4. The molecular weight excluding hydrogens is 280 g/mol. The number of fused-ring (bicyclic) bond motifs is 1. The average Bonchev–Trinajstić information content (AvgIpc) is 2.95. The van der Waals surface area contributed by atoms with Crippen LogP contribution in [-0.2, 0) is 17.8 Å². The van der Waals surface area contributed by atoms with Crippen molar-refractivity contribution in [2.24, 2.45) is 5.73 Å².